The molecule has 0 spiro atoms. The van der Waals surface area contributed by atoms with E-state index in [2.05, 4.69) is 5.32 Å². The first-order valence-electron chi connectivity index (χ1n) is 5.92. The van der Waals surface area contributed by atoms with Gasteiger partial charge in [0.1, 0.15) is 6.04 Å². The summed E-state index contributed by atoms with van der Waals surface area (Å²) in [5, 5.41) is 3.15. The molecular formula is C13H17N3O2. The lowest BCUT2D eigenvalue weighted by molar-refractivity contribution is -0.146. The van der Waals surface area contributed by atoms with Crippen LogP contribution in [0.2, 0.25) is 0 Å². The number of likely N-dealkylation sites (N-methyl/N-ethyl adjacent to an activating group) is 1. The molecular weight excluding hydrogens is 230 g/mol. The third-order valence-corrected chi connectivity index (χ3v) is 3.26. The molecule has 1 atom stereocenters. The summed E-state index contributed by atoms with van der Waals surface area (Å²) in [7, 11) is 1.52. The molecule has 96 valence electrons. The number of nitrogen functional groups attached to an aromatic ring is 1. The second-order valence-electron chi connectivity index (χ2n) is 4.60. The van der Waals surface area contributed by atoms with Gasteiger partial charge in [-0.05, 0) is 37.1 Å². The van der Waals surface area contributed by atoms with Crippen molar-refractivity contribution in [3.63, 3.8) is 0 Å². The highest BCUT2D eigenvalue weighted by atomic mass is 16.2. The third kappa shape index (κ3) is 2.30. The first-order valence-corrected chi connectivity index (χ1v) is 5.92. The molecule has 2 rings (SSSR count). The van der Waals surface area contributed by atoms with Gasteiger partial charge in [-0.25, -0.2) is 0 Å². The highest BCUT2D eigenvalue weighted by Gasteiger charge is 2.31. The molecule has 1 heterocycles. The highest BCUT2D eigenvalue weighted by molar-refractivity contribution is 6.01. The Labute approximate surface area is 106 Å². The summed E-state index contributed by atoms with van der Waals surface area (Å²) >= 11 is 0. The molecule has 1 unspecified atom stereocenters. The van der Waals surface area contributed by atoms with E-state index in [0.29, 0.717) is 12.8 Å². The minimum absolute atomic E-state index is 0.119. The number of amides is 2. The zero-order valence-electron chi connectivity index (χ0n) is 10.6. The van der Waals surface area contributed by atoms with Gasteiger partial charge in [0, 0.05) is 24.8 Å². The molecule has 1 aliphatic rings. The Balaban J connectivity index is 2.11. The van der Waals surface area contributed by atoms with Crippen LogP contribution in [0.15, 0.2) is 18.2 Å². The molecule has 0 bridgehead atoms. The number of rotatable bonds is 2. The molecule has 5 heteroatoms. The van der Waals surface area contributed by atoms with Crippen LogP contribution in [0.4, 0.5) is 11.4 Å². The number of piperidine rings is 1. The van der Waals surface area contributed by atoms with Gasteiger partial charge in [-0.15, -0.1) is 0 Å². The molecule has 1 fully saturated rings. The van der Waals surface area contributed by atoms with E-state index in [1.165, 1.54) is 11.9 Å². The number of hydrogen-bond donors (Lipinski definition) is 2. The Morgan fingerprint density at radius 3 is 2.78 bits per heavy atom. The van der Waals surface area contributed by atoms with Gasteiger partial charge >= 0.3 is 0 Å². The molecule has 1 saturated heterocycles. The molecule has 1 aromatic rings. The van der Waals surface area contributed by atoms with E-state index in [9.17, 15) is 9.59 Å². The standard InChI is InChI=1S/C13H17N3O2/c1-8-7-9(3-4-10(8)14)15-11-5-6-12(17)16(2)13(11)18/h3-4,7,11,15H,5-6,14H2,1-2H3. The van der Waals surface area contributed by atoms with Crippen molar-refractivity contribution < 1.29 is 9.59 Å². The number of nitrogens with one attached hydrogen (secondary N) is 1. The fraction of sp³-hybridized carbons (Fsp3) is 0.385. The predicted molar refractivity (Wildman–Crippen MR) is 70.0 cm³/mol. The topological polar surface area (TPSA) is 75.4 Å². The van der Waals surface area contributed by atoms with Crippen LogP contribution in [0.25, 0.3) is 0 Å². The Morgan fingerprint density at radius 2 is 2.11 bits per heavy atom. The average Bonchev–Trinajstić information content (AvgIpc) is 2.34. The molecule has 0 radical (unpaired) electrons. The number of nitrogens with zero attached hydrogens (tertiary/aromatic N) is 1. The lowest BCUT2D eigenvalue weighted by atomic mass is 10.0. The number of aryl methyl sites for hydroxylation is 1. The Morgan fingerprint density at radius 1 is 1.39 bits per heavy atom. The summed E-state index contributed by atoms with van der Waals surface area (Å²) in [5.74, 6) is -0.299. The number of carbonyl (C=O) groups excluding carboxylic acids is 2. The number of benzene rings is 1. The lowest BCUT2D eigenvalue weighted by Crippen LogP contribution is -2.48. The van der Waals surface area contributed by atoms with Crippen molar-refractivity contribution in [3.8, 4) is 0 Å². The Hall–Kier alpha value is -2.04. The third-order valence-electron chi connectivity index (χ3n) is 3.26. The van der Waals surface area contributed by atoms with E-state index in [4.69, 9.17) is 5.73 Å². The zero-order chi connectivity index (χ0) is 13.3. The van der Waals surface area contributed by atoms with Gasteiger partial charge in [0.05, 0.1) is 0 Å². The first kappa shape index (κ1) is 12.4. The number of hydrogen-bond acceptors (Lipinski definition) is 4. The number of imide groups is 1. The molecule has 18 heavy (non-hydrogen) atoms. The van der Waals surface area contributed by atoms with E-state index < -0.39 is 0 Å². The SMILES string of the molecule is Cc1cc(NC2CCC(=O)N(C)C2=O)ccc1N. The average molecular weight is 247 g/mol. The van der Waals surface area contributed by atoms with Crippen LogP contribution in [0.1, 0.15) is 18.4 Å². The predicted octanol–water partition coefficient (Wildman–Crippen LogP) is 1.14. The van der Waals surface area contributed by atoms with Crippen LogP contribution in [-0.2, 0) is 9.59 Å². The van der Waals surface area contributed by atoms with E-state index >= 15 is 0 Å². The summed E-state index contributed by atoms with van der Waals surface area (Å²) in [5.41, 5.74) is 8.28. The summed E-state index contributed by atoms with van der Waals surface area (Å²) in [6.07, 6.45) is 0.930. The van der Waals surface area contributed by atoms with Gasteiger partial charge in [-0.1, -0.05) is 0 Å². The normalized spacial score (nSPS) is 20.1. The van der Waals surface area contributed by atoms with Crippen molar-refractivity contribution >= 4 is 23.2 Å². The molecule has 5 nitrogen and oxygen atoms in total. The minimum Gasteiger partial charge on any atom is -0.399 e. The molecule has 1 aliphatic heterocycles. The van der Waals surface area contributed by atoms with Crippen LogP contribution in [0, 0.1) is 6.92 Å². The van der Waals surface area contributed by atoms with Crippen molar-refractivity contribution in [3.05, 3.63) is 23.8 Å². The highest BCUT2D eigenvalue weighted by Crippen LogP contribution is 2.20. The number of nitrogens with two attached hydrogens (primary N) is 1. The molecule has 2 amide bonds. The summed E-state index contributed by atoms with van der Waals surface area (Å²) in [6, 6.07) is 5.21. The van der Waals surface area contributed by atoms with Crippen LogP contribution < -0.4 is 11.1 Å². The smallest absolute Gasteiger partial charge is 0.251 e. The van der Waals surface area contributed by atoms with Gasteiger partial charge in [-0.2, -0.15) is 0 Å². The van der Waals surface area contributed by atoms with E-state index in [1.807, 2.05) is 19.1 Å². The number of carbonyl (C=O) groups is 2. The van der Waals surface area contributed by atoms with Crippen molar-refractivity contribution in [2.45, 2.75) is 25.8 Å². The van der Waals surface area contributed by atoms with Crippen LogP contribution in [0.3, 0.4) is 0 Å². The van der Waals surface area contributed by atoms with E-state index in [-0.39, 0.29) is 17.9 Å². The maximum Gasteiger partial charge on any atom is 0.251 e. The fourth-order valence-electron chi connectivity index (χ4n) is 2.02. The van der Waals surface area contributed by atoms with E-state index in [0.717, 1.165) is 16.9 Å². The van der Waals surface area contributed by atoms with Crippen molar-refractivity contribution in [2.24, 2.45) is 0 Å². The Bertz CT molecular complexity index is 499. The number of likely N-dealkylation sites (tertiary alicyclic amines) is 1. The van der Waals surface area contributed by atoms with Gasteiger partial charge in [0.15, 0.2) is 0 Å². The van der Waals surface area contributed by atoms with Crippen LogP contribution in [0.5, 0.6) is 0 Å². The molecule has 0 aliphatic carbocycles. The minimum atomic E-state index is -0.337. The summed E-state index contributed by atoms with van der Waals surface area (Å²) < 4.78 is 0. The van der Waals surface area contributed by atoms with E-state index in [1.54, 1.807) is 6.07 Å². The van der Waals surface area contributed by atoms with Crippen LogP contribution >= 0.6 is 0 Å². The molecule has 3 N–H and O–H groups in total. The van der Waals surface area contributed by atoms with Crippen molar-refractivity contribution in [2.75, 3.05) is 18.1 Å². The summed E-state index contributed by atoms with van der Waals surface area (Å²) in [6.45, 7) is 1.92. The van der Waals surface area contributed by atoms with Crippen molar-refractivity contribution in [1.29, 1.82) is 0 Å². The second-order valence-corrected chi connectivity index (χ2v) is 4.60. The number of anilines is 2. The summed E-state index contributed by atoms with van der Waals surface area (Å²) in [4.78, 5) is 24.5. The largest absolute Gasteiger partial charge is 0.399 e. The maximum absolute atomic E-state index is 11.9. The Kier molecular flexibility index (Phi) is 3.23. The lowest BCUT2D eigenvalue weighted by Gasteiger charge is -2.28. The fourth-order valence-corrected chi connectivity index (χ4v) is 2.02. The second kappa shape index (κ2) is 4.68. The zero-order valence-corrected chi connectivity index (χ0v) is 10.6. The van der Waals surface area contributed by atoms with Gasteiger partial charge in [0.25, 0.3) is 5.91 Å². The molecule has 0 aromatic heterocycles. The van der Waals surface area contributed by atoms with Gasteiger partial charge in [0.2, 0.25) is 5.91 Å². The molecule has 1 aromatic carbocycles. The first-order chi connectivity index (χ1) is 8.49. The monoisotopic (exact) mass is 247 g/mol. The quantitative estimate of drug-likeness (QED) is 0.607. The van der Waals surface area contributed by atoms with Gasteiger partial charge in [-0.3, -0.25) is 14.5 Å². The molecule has 0 saturated carbocycles. The maximum atomic E-state index is 11.9. The van der Waals surface area contributed by atoms with Gasteiger partial charge < -0.3 is 11.1 Å². The van der Waals surface area contributed by atoms with Crippen molar-refractivity contribution in [1.82, 2.24) is 4.90 Å². The van der Waals surface area contributed by atoms with Crippen LogP contribution in [-0.4, -0.2) is 29.8 Å².